The maximum absolute atomic E-state index is 9.46. The van der Waals surface area contributed by atoms with E-state index in [0.717, 1.165) is 23.7 Å². The van der Waals surface area contributed by atoms with E-state index < -0.39 is 0 Å². The predicted molar refractivity (Wildman–Crippen MR) is 69.1 cm³/mol. The SMILES string of the molecule is CCN(CC(C)O)c1cc(OC)cc(OC)c1. The molecule has 0 saturated carbocycles. The molecule has 0 saturated heterocycles. The lowest BCUT2D eigenvalue weighted by molar-refractivity contribution is 0.200. The lowest BCUT2D eigenvalue weighted by Crippen LogP contribution is -2.30. The first kappa shape index (κ1) is 13.6. The van der Waals surface area contributed by atoms with Gasteiger partial charge < -0.3 is 19.5 Å². The summed E-state index contributed by atoms with van der Waals surface area (Å²) in [7, 11) is 3.26. The first-order valence-corrected chi connectivity index (χ1v) is 5.76. The average molecular weight is 239 g/mol. The minimum Gasteiger partial charge on any atom is -0.497 e. The van der Waals surface area contributed by atoms with Gasteiger partial charge in [0.05, 0.1) is 20.3 Å². The summed E-state index contributed by atoms with van der Waals surface area (Å²) in [5.74, 6) is 1.51. The maximum Gasteiger partial charge on any atom is 0.124 e. The summed E-state index contributed by atoms with van der Waals surface area (Å²) in [6.45, 7) is 5.24. The van der Waals surface area contributed by atoms with Gasteiger partial charge in [-0.2, -0.15) is 0 Å². The number of hydrogen-bond acceptors (Lipinski definition) is 4. The number of anilines is 1. The summed E-state index contributed by atoms with van der Waals surface area (Å²) in [4.78, 5) is 2.08. The molecule has 0 aliphatic carbocycles. The zero-order valence-corrected chi connectivity index (χ0v) is 10.9. The smallest absolute Gasteiger partial charge is 0.124 e. The van der Waals surface area contributed by atoms with Crippen LogP contribution in [0.2, 0.25) is 0 Å². The minimum absolute atomic E-state index is 0.368. The molecule has 0 heterocycles. The lowest BCUT2D eigenvalue weighted by atomic mass is 10.2. The van der Waals surface area contributed by atoms with Crippen LogP contribution in [0.1, 0.15) is 13.8 Å². The first-order chi connectivity index (χ1) is 8.10. The second kappa shape index (κ2) is 6.35. The fourth-order valence-corrected chi connectivity index (χ4v) is 1.71. The molecule has 96 valence electrons. The highest BCUT2D eigenvalue weighted by molar-refractivity contribution is 5.55. The number of aliphatic hydroxyl groups excluding tert-OH is 1. The van der Waals surface area contributed by atoms with Gasteiger partial charge in [0.25, 0.3) is 0 Å². The third-order valence-corrected chi connectivity index (χ3v) is 2.57. The van der Waals surface area contributed by atoms with Gasteiger partial charge in [0.15, 0.2) is 0 Å². The van der Waals surface area contributed by atoms with E-state index in [0.29, 0.717) is 6.54 Å². The van der Waals surface area contributed by atoms with Gasteiger partial charge in [-0.15, -0.1) is 0 Å². The highest BCUT2D eigenvalue weighted by atomic mass is 16.5. The van der Waals surface area contributed by atoms with Gasteiger partial charge in [-0.25, -0.2) is 0 Å². The molecule has 0 aliphatic heterocycles. The van der Waals surface area contributed by atoms with Crippen molar-refractivity contribution in [1.82, 2.24) is 0 Å². The standard InChI is InChI=1S/C13H21NO3/c1-5-14(9-10(2)15)11-6-12(16-3)8-13(7-11)17-4/h6-8,10,15H,5,9H2,1-4H3. The zero-order chi connectivity index (χ0) is 12.8. The van der Waals surface area contributed by atoms with Crippen LogP contribution in [-0.2, 0) is 0 Å². The van der Waals surface area contributed by atoms with Crippen molar-refractivity contribution < 1.29 is 14.6 Å². The number of aliphatic hydroxyl groups is 1. The monoisotopic (exact) mass is 239 g/mol. The van der Waals surface area contributed by atoms with Crippen molar-refractivity contribution in [2.24, 2.45) is 0 Å². The Morgan fingerprint density at radius 1 is 1.18 bits per heavy atom. The largest absolute Gasteiger partial charge is 0.497 e. The Balaban J connectivity index is 3.00. The van der Waals surface area contributed by atoms with E-state index in [1.54, 1.807) is 21.1 Å². The second-order valence-corrected chi connectivity index (χ2v) is 3.96. The fraction of sp³-hybridized carbons (Fsp3) is 0.538. The normalized spacial score (nSPS) is 12.1. The first-order valence-electron chi connectivity index (χ1n) is 5.76. The molecule has 1 aromatic carbocycles. The van der Waals surface area contributed by atoms with Crippen LogP contribution >= 0.6 is 0 Å². The molecule has 0 bridgehead atoms. The van der Waals surface area contributed by atoms with Gasteiger partial charge in [0.2, 0.25) is 0 Å². The summed E-state index contributed by atoms with van der Waals surface area (Å²) in [6, 6.07) is 5.71. The zero-order valence-electron chi connectivity index (χ0n) is 10.9. The van der Waals surface area contributed by atoms with Crippen molar-refractivity contribution in [2.45, 2.75) is 20.0 Å². The highest BCUT2D eigenvalue weighted by Gasteiger charge is 2.10. The van der Waals surface area contributed by atoms with Gasteiger partial charge in [-0.3, -0.25) is 0 Å². The van der Waals surface area contributed by atoms with E-state index in [-0.39, 0.29) is 6.10 Å². The third-order valence-electron chi connectivity index (χ3n) is 2.57. The number of rotatable bonds is 6. The number of hydrogen-bond donors (Lipinski definition) is 1. The summed E-state index contributed by atoms with van der Waals surface area (Å²) >= 11 is 0. The molecule has 1 atom stereocenters. The Bertz CT molecular complexity index is 330. The summed E-state index contributed by atoms with van der Waals surface area (Å²) in [5, 5.41) is 9.46. The van der Waals surface area contributed by atoms with Gasteiger partial charge in [-0.1, -0.05) is 0 Å². The highest BCUT2D eigenvalue weighted by Crippen LogP contribution is 2.28. The van der Waals surface area contributed by atoms with Crippen molar-refractivity contribution in [2.75, 3.05) is 32.2 Å². The van der Waals surface area contributed by atoms with E-state index in [4.69, 9.17) is 9.47 Å². The van der Waals surface area contributed by atoms with Crippen LogP contribution in [0.25, 0.3) is 0 Å². The summed E-state index contributed by atoms with van der Waals surface area (Å²) in [6.07, 6.45) is -0.368. The molecule has 0 spiro atoms. The Kier molecular flexibility index (Phi) is 5.10. The second-order valence-electron chi connectivity index (χ2n) is 3.96. The van der Waals surface area contributed by atoms with Gasteiger partial charge in [-0.05, 0) is 13.8 Å². The number of nitrogens with zero attached hydrogens (tertiary/aromatic N) is 1. The predicted octanol–water partition coefficient (Wildman–Crippen LogP) is 1.91. The topological polar surface area (TPSA) is 41.9 Å². The van der Waals surface area contributed by atoms with Crippen molar-refractivity contribution in [3.05, 3.63) is 18.2 Å². The number of likely N-dealkylation sites (N-methyl/N-ethyl adjacent to an activating group) is 1. The van der Waals surface area contributed by atoms with Crippen LogP contribution in [0.4, 0.5) is 5.69 Å². The molecule has 0 amide bonds. The van der Waals surface area contributed by atoms with Crippen molar-refractivity contribution in [1.29, 1.82) is 0 Å². The van der Waals surface area contributed by atoms with E-state index in [1.807, 2.05) is 25.1 Å². The molecule has 1 N–H and O–H groups in total. The van der Waals surface area contributed by atoms with E-state index in [2.05, 4.69) is 4.90 Å². The van der Waals surface area contributed by atoms with Crippen LogP contribution in [0, 0.1) is 0 Å². The summed E-state index contributed by atoms with van der Waals surface area (Å²) < 4.78 is 10.5. The molecule has 1 unspecified atom stereocenters. The van der Waals surface area contributed by atoms with Crippen LogP contribution in [0.3, 0.4) is 0 Å². The molecule has 0 aliphatic rings. The van der Waals surface area contributed by atoms with Crippen LogP contribution < -0.4 is 14.4 Å². The van der Waals surface area contributed by atoms with E-state index in [9.17, 15) is 5.11 Å². The van der Waals surface area contributed by atoms with Gasteiger partial charge >= 0.3 is 0 Å². The number of benzene rings is 1. The quantitative estimate of drug-likeness (QED) is 0.823. The van der Waals surface area contributed by atoms with Crippen LogP contribution in [0.15, 0.2) is 18.2 Å². The van der Waals surface area contributed by atoms with Crippen LogP contribution in [-0.4, -0.2) is 38.5 Å². The lowest BCUT2D eigenvalue weighted by Gasteiger charge is -2.25. The Morgan fingerprint density at radius 3 is 2.06 bits per heavy atom. The molecule has 4 nitrogen and oxygen atoms in total. The Hall–Kier alpha value is -1.42. The fourth-order valence-electron chi connectivity index (χ4n) is 1.71. The molecule has 4 heteroatoms. The van der Waals surface area contributed by atoms with Crippen LogP contribution in [0.5, 0.6) is 11.5 Å². The Morgan fingerprint density at radius 2 is 1.71 bits per heavy atom. The molecule has 1 aromatic rings. The molecule has 1 rings (SSSR count). The molecule has 0 aromatic heterocycles. The van der Waals surface area contributed by atoms with Crippen molar-refractivity contribution in [3.8, 4) is 11.5 Å². The number of methoxy groups -OCH3 is 2. The average Bonchev–Trinajstić information content (AvgIpc) is 2.34. The van der Waals surface area contributed by atoms with E-state index >= 15 is 0 Å². The third kappa shape index (κ3) is 3.82. The molecule has 17 heavy (non-hydrogen) atoms. The molecule has 0 radical (unpaired) electrons. The molecular weight excluding hydrogens is 218 g/mol. The van der Waals surface area contributed by atoms with Crippen molar-refractivity contribution in [3.63, 3.8) is 0 Å². The summed E-state index contributed by atoms with van der Waals surface area (Å²) in [5.41, 5.74) is 0.990. The van der Waals surface area contributed by atoms with Gasteiger partial charge in [0, 0.05) is 37.0 Å². The maximum atomic E-state index is 9.46. The van der Waals surface area contributed by atoms with E-state index in [1.165, 1.54) is 0 Å². The molecular formula is C13H21NO3. The van der Waals surface area contributed by atoms with Gasteiger partial charge in [0.1, 0.15) is 11.5 Å². The Labute approximate surface area is 103 Å². The minimum atomic E-state index is -0.368. The number of ether oxygens (including phenoxy) is 2. The molecule has 0 fully saturated rings. The van der Waals surface area contributed by atoms with Crippen molar-refractivity contribution >= 4 is 5.69 Å².